The number of carbonyl (C=O) groups is 2. The Morgan fingerprint density at radius 2 is 2.26 bits per heavy atom. The summed E-state index contributed by atoms with van der Waals surface area (Å²) in [6, 6.07) is 2.60. The minimum Gasteiger partial charge on any atom is -0.480 e. The molecule has 2 aromatic rings. The molecule has 2 N–H and O–H groups in total. The number of carboxylic acid groups (broad SMARTS) is 1. The molecule has 3 rings (SSSR count). The molecular weight excluding hydrogens is 302 g/mol. The van der Waals surface area contributed by atoms with Crippen LogP contribution in [0.5, 0.6) is 0 Å². The number of hydrogen-bond acceptors (Lipinski definition) is 6. The fourth-order valence-electron chi connectivity index (χ4n) is 2.26. The predicted molar refractivity (Wildman–Crippen MR) is 77.2 cm³/mol. The normalized spacial score (nSPS) is 15.3. The quantitative estimate of drug-likeness (QED) is 0.759. The maximum Gasteiger partial charge on any atom is 0.326 e. The van der Waals surface area contributed by atoms with E-state index in [1.807, 2.05) is 0 Å². The van der Waals surface area contributed by atoms with Gasteiger partial charge in [-0.05, 0) is 24.5 Å². The van der Waals surface area contributed by atoms with E-state index in [-0.39, 0.29) is 18.7 Å². The fourth-order valence-corrected chi connectivity index (χ4v) is 2.26. The third-order valence-electron chi connectivity index (χ3n) is 3.67. The Kier molecular flexibility index (Phi) is 4.40. The second-order valence-corrected chi connectivity index (χ2v) is 5.63. The number of nitrogens with one attached hydrogen (secondary N) is 1. The predicted octanol–water partition coefficient (Wildman–Crippen LogP) is 1.63. The molecule has 2 heterocycles. The minimum absolute atomic E-state index is 0.0915. The second kappa shape index (κ2) is 6.64. The van der Waals surface area contributed by atoms with Crippen molar-refractivity contribution in [1.82, 2.24) is 15.5 Å². The Balaban J connectivity index is 1.49. The molecule has 8 heteroatoms. The van der Waals surface area contributed by atoms with Gasteiger partial charge in [-0.15, -0.1) is 0 Å². The molecule has 122 valence electrons. The molecule has 0 saturated heterocycles. The summed E-state index contributed by atoms with van der Waals surface area (Å²) in [6.07, 6.45) is 4.41. The summed E-state index contributed by atoms with van der Waals surface area (Å²) in [4.78, 5) is 27.2. The van der Waals surface area contributed by atoms with Crippen molar-refractivity contribution < 1.29 is 23.6 Å². The summed E-state index contributed by atoms with van der Waals surface area (Å²) in [5, 5.41) is 15.4. The van der Waals surface area contributed by atoms with Crippen LogP contribution >= 0.6 is 0 Å². The lowest BCUT2D eigenvalue weighted by Crippen LogP contribution is -2.41. The highest BCUT2D eigenvalue weighted by Gasteiger charge is 2.30. The van der Waals surface area contributed by atoms with Crippen molar-refractivity contribution in [1.29, 1.82) is 0 Å². The van der Waals surface area contributed by atoms with Crippen LogP contribution in [0.3, 0.4) is 0 Å². The van der Waals surface area contributed by atoms with Crippen molar-refractivity contribution in [2.24, 2.45) is 5.92 Å². The number of furan rings is 1. The minimum atomic E-state index is -0.997. The van der Waals surface area contributed by atoms with Crippen molar-refractivity contribution in [3.8, 4) is 11.6 Å². The third-order valence-corrected chi connectivity index (χ3v) is 3.67. The molecule has 0 bridgehead atoms. The molecule has 0 aromatic carbocycles. The van der Waals surface area contributed by atoms with Crippen LogP contribution in [0.4, 0.5) is 0 Å². The number of aromatic nitrogens is 2. The van der Waals surface area contributed by atoms with E-state index in [0.29, 0.717) is 29.8 Å². The van der Waals surface area contributed by atoms with Crippen molar-refractivity contribution in [2.45, 2.75) is 38.1 Å². The first-order valence-electron chi connectivity index (χ1n) is 7.50. The molecule has 0 spiro atoms. The van der Waals surface area contributed by atoms with Crippen LogP contribution in [0.15, 0.2) is 27.3 Å². The SMILES string of the molecule is O=C(CCc1nc(-c2ccco2)no1)NC(CC1CC1)C(=O)O. The molecule has 2 aromatic heterocycles. The number of aliphatic carboxylic acids is 1. The van der Waals surface area contributed by atoms with E-state index in [0.717, 1.165) is 12.8 Å². The molecule has 1 unspecified atom stereocenters. The Hall–Kier alpha value is -2.64. The van der Waals surface area contributed by atoms with Gasteiger partial charge in [0.1, 0.15) is 6.04 Å². The molecule has 1 amide bonds. The molecule has 8 nitrogen and oxygen atoms in total. The van der Waals surface area contributed by atoms with E-state index in [1.54, 1.807) is 12.1 Å². The van der Waals surface area contributed by atoms with Crippen LogP contribution < -0.4 is 5.32 Å². The van der Waals surface area contributed by atoms with E-state index in [1.165, 1.54) is 6.26 Å². The highest BCUT2D eigenvalue weighted by Crippen LogP contribution is 2.33. The summed E-state index contributed by atoms with van der Waals surface area (Å²) >= 11 is 0. The molecule has 0 aliphatic heterocycles. The zero-order chi connectivity index (χ0) is 16.2. The Morgan fingerprint density at radius 3 is 2.91 bits per heavy atom. The largest absolute Gasteiger partial charge is 0.480 e. The van der Waals surface area contributed by atoms with E-state index >= 15 is 0 Å². The maximum absolute atomic E-state index is 11.9. The maximum atomic E-state index is 11.9. The standard InChI is InChI=1S/C15H17N3O5/c19-12(16-10(15(20)21)8-9-3-4-9)5-6-13-17-14(18-23-13)11-2-1-7-22-11/h1-2,7,9-10H,3-6,8H2,(H,16,19)(H,20,21). The topological polar surface area (TPSA) is 118 Å². The highest BCUT2D eigenvalue weighted by molar-refractivity contribution is 5.83. The van der Waals surface area contributed by atoms with Crippen molar-refractivity contribution in [2.75, 3.05) is 0 Å². The van der Waals surface area contributed by atoms with Crippen molar-refractivity contribution in [3.05, 3.63) is 24.3 Å². The highest BCUT2D eigenvalue weighted by atomic mass is 16.5. The fraction of sp³-hybridized carbons (Fsp3) is 0.467. The van der Waals surface area contributed by atoms with Crippen LogP contribution in [-0.2, 0) is 16.0 Å². The van der Waals surface area contributed by atoms with Gasteiger partial charge in [0.2, 0.25) is 17.6 Å². The second-order valence-electron chi connectivity index (χ2n) is 5.63. The van der Waals surface area contributed by atoms with Gasteiger partial charge in [0, 0.05) is 12.8 Å². The van der Waals surface area contributed by atoms with Crippen LogP contribution in [0, 0.1) is 5.92 Å². The first-order chi connectivity index (χ1) is 11.1. The number of rotatable bonds is 8. The first-order valence-corrected chi connectivity index (χ1v) is 7.50. The number of hydrogen-bond donors (Lipinski definition) is 2. The Morgan fingerprint density at radius 1 is 1.43 bits per heavy atom. The van der Waals surface area contributed by atoms with Crippen LogP contribution in [-0.4, -0.2) is 33.2 Å². The van der Waals surface area contributed by atoms with Gasteiger partial charge >= 0.3 is 5.97 Å². The number of carbonyl (C=O) groups excluding carboxylic acids is 1. The van der Waals surface area contributed by atoms with Crippen LogP contribution in [0.2, 0.25) is 0 Å². The van der Waals surface area contributed by atoms with Gasteiger partial charge in [0.05, 0.1) is 6.26 Å². The van der Waals surface area contributed by atoms with Gasteiger partial charge in [0.15, 0.2) is 5.76 Å². The van der Waals surface area contributed by atoms with Gasteiger partial charge < -0.3 is 19.4 Å². The van der Waals surface area contributed by atoms with E-state index in [4.69, 9.17) is 14.0 Å². The Bertz CT molecular complexity index is 675. The molecule has 1 fully saturated rings. The summed E-state index contributed by atoms with van der Waals surface area (Å²) in [7, 11) is 0. The van der Waals surface area contributed by atoms with Gasteiger partial charge in [0.25, 0.3) is 0 Å². The van der Waals surface area contributed by atoms with Crippen LogP contribution in [0.25, 0.3) is 11.6 Å². The number of nitrogens with zero attached hydrogens (tertiary/aromatic N) is 2. The molecule has 23 heavy (non-hydrogen) atoms. The van der Waals surface area contributed by atoms with E-state index in [9.17, 15) is 9.59 Å². The molecule has 1 aliphatic carbocycles. The summed E-state index contributed by atoms with van der Waals surface area (Å²) in [5.74, 6) is 0.199. The average molecular weight is 319 g/mol. The summed E-state index contributed by atoms with van der Waals surface area (Å²) in [6.45, 7) is 0. The zero-order valence-electron chi connectivity index (χ0n) is 12.4. The number of aryl methyl sites for hydroxylation is 1. The summed E-state index contributed by atoms with van der Waals surface area (Å²) < 4.78 is 10.2. The van der Waals surface area contributed by atoms with Gasteiger partial charge in [-0.3, -0.25) is 4.79 Å². The number of amides is 1. The van der Waals surface area contributed by atoms with Gasteiger partial charge in [-0.2, -0.15) is 4.98 Å². The molecule has 0 radical (unpaired) electrons. The average Bonchev–Trinajstić information content (AvgIpc) is 3.02. The van der Waals surface area contributed by atoms with Crippen LogP contribution in [0.1, 0.15) is 31.6 Å². The first kappa shape index (κ1) is 15.3. The third kappa shape index (κ3) is 4.18. The molecule has 1 aliphatic rings. The van der Waals surface area contributed by atoms with Gasteiger partial charge in [-0.25, -0.2) is 4.79 Å². The molecule has 1 atom stereocenters. The van der Waals surface area contributed by atoms with Gasteiger partial charge in [-0.1, -0.05) is 18.0 Å². The lowest BCUT2D eigenvalue weighted by Gasteiger charge is -2.13. The number of carboxylic acids is 1. The van der Waals surface area contributed by atoms with E-state index < -0.39 is 12.0 Å². The zero-order valence-corrected chi connectivity index (χ0v) is 12.4. The lowest BCUT2D eigenvalue weighted by atomic mass is 10.1. The van der Waals surface area contributed by atoms with E-state index in [2.05, 4.69) is 15.5 Å². The molecule has 1 saturated carbocycles. The monoisotopic (exact) mass is 319 g/mol. The van der Waals surface area contributed by atoms with Crippen molar-refractivity contribution >= 4 is 11.9 Å². The Labute approximate surface area is 131 Å². The smallest absolute Gasteiger partial charge is 0.326 e. The lowest BCUT2D eigenvalue weighted by molar-refractivity contribution is -0.142. The summed E-state index contributed by atoms with van der Waals surface area (Å²) in [5.41, 5.74) is 0. The molecular formula is C15H17N3O5. The van der Waals surface area contributed by atoms with Crippen molar-refractivity contribution in [3.63, 3.8) is 0 Å².